The quantitative estimate of drug-likeness (QED) is 0.488. The second-order valence-corrected chi connectivity index (χ2v) is 4.58. The fourth-order valence-corrected chi connectivity index (χ4v) is 1.74. The first kappa shape index (κ1) is 11.0. The molecule has 1 fully saturated rings. The van der Waals surface area contributed by atoms with Gasteiger partial charge in [0.05, 0.1) is 27.2 Å². The number of hydrogen-bond acceptors (Lipinski definition) is 2. The predicted octanol–water partition coefficient (Wildman–Crippen LogP) is 0.0122. The predicted molar refractivity (Wildman–Crippen MR) is 48.8 cm³/mol. The maximum atomic E-state index is 10.9. The highest BCUT2D eigenvalue weighted by Gasteiger charge is 2.51. The molecule has 0 radical (unpaired) electrons. The van der Waals surface area contributed by atoms with E-state index in [2.05, 4.69) is 0 Å². The molecule has 0 unspecified atom stereocenters. The number of carbonyl (C=O) groups is 2. The molecule has 5 nitrogen and oxygen atoms in total. The highest BCUT2D eigenvalue weighted by atomic mass is 16.4. The van der Waals surface area contributed by atoms with E-state index >= 15 is 0 Å². The minimum Gasteiger partial charge on any atom is -0.480 e. The van der Waals surface area contributed by atoms with Crippen LogP contribution in [0.4, 0.5) is 0 Å². The molecule has 0 bridgehead atoms. The molecular weight excluding hydrogens is 186 g/mol. The second kappa shape index (κ2) is 3.24. The van der Waals surface area contributed by atoms with Gasteiger partial charge < -0.3 is 14.7 Å². The molecule has 1 saturated heterocycles. The SMILES string of the molecule is C[N+]1(C)CCC(C(=O)O)(C(=O)O)CC1. The molecule has 0 aliphatic carbocycles. The van der Waals surface area contributed by atoms with Crippen LogP contribution in [-0.4, -0.2) is 53.8 Å². The summed E-state index contributed by atoms with van der Waals surface area (Å²) in [6.45, 7) is 1.19. The summed E-state index contributed by atoms with van der Waals surface area (Å²) in [7, 11) is 3.96. The summed E-state index contributed by atoms with van der Waals surface area (Å²) in [5.41, 5.74) is -1.55. The van der Waals surface area contributed by atoms with E-state index in [1.165, 1.54) is 0 Å². The number of carboxylic acids is 2. The molecule has 0 aromatic carbocycles. The molecule has 1 rings (SSSR count). The van der Waals surface area contributed by atoms with Gasteiger partial charge in [-0.25, -0.2) is 0 Å². The topological polar surface area (TPSA) is 74.6 Å². The standard InChI is InChI=1S/C9H15NO4/c1-10(2)5-3-9(4-6-10,7(11)12)8(13)14/h3-6H2,1-2H3,(H-,11,12,13,14)/p+1. The Morgan fingerprint density at radius 3 is 1.71 bits per heavy atom. The van der Waals surface area contributed by atoms with Gasteiger partial charge in [0.2, 0.25) is 0 Å². The Hall–Kier alpha value is -1.10. The van der Waals surface area contributed by atoms with Crippen molar-refractivity contribution >= 4 is 11.9 Å². The fraction of sp³-hybridized carbons (Fsp3) is 0.778. The highest BCUT2D eigenvalue weighted by Crippen LogP contribution is 2.33. The smallest absolute Gasteiger partial charge is 0.321 e. The van der Waals surface area contributed by atoms with Crippen LogP contribution in [0.15, 0.2) is 0 Å². The molecule has 2 N–H and O–H groups in total. The van der Waals surface area contributed by atoms with E-state index in [1.54, 1.807) is 0 Å². The minimum absolute atomic E-state index is 0.213. The van der Waals surface area contributed by atoms with Gasteiger partial charge in [-0.15, -0.1) is 0 Å². The van der Waals surface area contributed by atoms with Crippen molar-refractivity contribution in [2.45, 2.75) is 12.8 Å². The fourth-order valence-electron chi connectivity index (χ4n) is 1.74. The summed E-state index contributed by atoms with van der Waals surface area (Å²) < 4.78 is 0.697. The highest BCUT2D eigenvalue weighted by molar-refractivity contribution is 5.98. The van der Waals surface area contributed by atoms with Crippen LogP contribution < -0.4 is 0 Å². The van der Waals surface area contributed by atoms with E-state index in [0.717, 1.165) is 0 Å². The maximum absolute atomic E-state index is 10.9. The lowest BCUT2D eigenvalue weighted by Gasteiger charge is -2.39. The van der Waals surface area contributed by atoms with E-state index in [4.69, 9.17) is 10.2 Å². The third-order valence-corrected chi connectivity index (χ3v) is 3.11. The third-order valence-electron chi connectivity index (χ3n) is 3.11. The van der Waals surface area contributed by atoms with Gasteiger partial charge in [-0.2, -0.15) is 0 Å². The molecule has 0 spiro atoms. The number of quaternary nitrogens is 1. The number of aliphatic carboxylic acids is 2. The Morgan fingerprint density at radius 2 is 1.43 bits per heavy atom. The van der Waals surface area contributed by atoms with Crippen molar-refractivity contribution in [3.8, 4) is 0 Å². The van der Waals surface area contributed by atoms with E-state index in [0.29, 0.717) is 17.6 Å². The van der Waals surface area contributed by atoms with Crippen molar-refractivity contribution in [1.29, 1.82) is 0 Å². The molecule has 0 aromatic rings. The van der Waals surface area contributed by atoms with Gasteiger partial charge in [0.15, 0.2) is 5.41 Å². The first-order chi connectivity index (χ1) is 6.30. The first-order valence-corrected chi connectivity index (χ1v) is 4.59. The van der Waals surface area contributed by atoms with Crippen molar-refractivity contribution in [2.75, 3.05) is 27.2 Å². The largest absolute Gasteiger partial charge is 0.480 e. The third kappa shape index (κ3) is 1.72. The summed E-state index contributed by atoms with van der Waals surface area (Å²) in [6, 6.07) is 0. The summed E-state index contributed by atoms with van der Waals surface area (Å²) in [6.07, 6.45) is 0.426. The number of likely N-dealkylation sites (tertiary alicyclic amines) is 1. The number of hydrogen-bond donors (Lipinski definition) is 2. The van der Waals surface area contributed by atoms with E-state index in [-0.39, 0.29) is 12.8 Å². The molecule has 0 aromatic heterocycles. The Balaban J connectivity index is 2.85. The zero-order valence-corrected chi connectivity index (χ0v) is 8.49. The van der Waals surface area contributed by atoms with Crippen molar-refractivity contribution in [3.05, 3.63) is 0 Å². The molecule has 0 amide bonds. The van der Waals surface area contributed by atoms with Crippen LogP contribution in [0.2, 0.25) is 0 Å². The van der Waals surface area contributed by atoms with Gasteiger partial charge >= 0.3 is 11.9 Å². The van der Waals surface area contributed by atoms with Crippen LogP contribution in [-0.2, 0) is 9.59 Å². The van der Waals surface area contributed by atoms with Crippen LogP contribution in [0.25, 0.3) is 0 Å². The summed E-state index contributed by atoms with van der Waals surface area (Å²) >= 11 is 0. The van der Waals surface area contributed by atoms with E-state index < -0.39 is 17.4 Å². The molecule has 0 saturated carbocycles. The summed E-state index contributed by atoms with van der Waals surface area (Å²) in [4.78, 5) is 21.9. The van der Waals surface area contributed by atoms with Gasteiger partial charge in [-0.05, 0) is 0 Å². The number of piperidine rings is 1. The van der Waals surface area contributed by atoms with Crippen LogP contribution in [0.1, 0.15) is 12.8 Å². The Morgan fingerprint density at radius 1 is 1.07 bits per heavy atom. The van der Waals surface area contributed by atoms with Gasteiger partial charge in [0, 0.05) is 12.8 Å². The van der Waals surface area contributed by atoms with Crippen molar-refractivity contribution in [2.24, 2.45) is 5.41 Å². The lowest BCUT2D eigenvalue weighted by Crippen LogP contribution is -2.54. The minimum atomic E-state index is -1.55. The van der Waals surface area contributed by atoms with E-state index in [1.807, 2.05) is 14.1 Å². The average molecular weight is 202 g/mol. The molecule has 14 heavy (non-hydrogen) atoms. The van der Waals surface area contributed by atoms with Crippen LogP contribution in [0.3, 0.4) is 0 Å². The zero-order chi connectivity index (χ0) is 11.0. The number of carboxylic acid groups (broad SMARTS) is 2. The van der Waals surface area contributed by atoms with Crippen molar-refractivity contribution in [1.82, 2.24) is 0 Å². The van der Waals surface area contributed by atoms with Gasteiger partial charge in [0.1, 0.15) is 0 Å². The zero-order valence-electron chi connectivity index (χ0n) is 8.49. The Labute approximate surface area is 82.5 Å². The summed E-state index contributed by atoms with van der Waals surface area (Å²) in [5, 5.41) is 17.9. The molecule has 1 aliphatic heterocycles. The molecule has 1 heterocycles. The molecule has 0 atom stereocenters. The number of rotatable bonds is 2. The lowest BCUT2D eigenvalue weighted by atomic mass is 9.78. The lowest BCUT2D eigenvalue weighted by molar-refractivity contribution is -0.896. The van der Waals surface area contributed by atoms with Crippen molar-refractivity contribution in [3.63, 3.8) is 0 Å². The average Bonchev–Trinajstić information content (AvgIpc) is 2.03. The maximum Gasteiger partial charge on any atom is 0.321 e. The summed E-state index contributed by atoms with van der Waals surface area (Å²) in [5.74, 6) is -2.41. The molecule has 1 aliphatic rings. The normalized spacial score (nSPS) is 24.1. The first-order valence-electron chi connectivity index (χ1n) is 4.59. The van der Waals surface area contributed by atoms with Crippen LogP contribution in [0, 0.1) is 5.41 Å². The Bertz CT molecular complexity index is 246. The molecular formula is C9H16NO4+. The van der Waals surface area contributed by atoms with Crippen LogP contribution in [0.5, 0.6) is 0 Å². The Kier molecular flexibility index (Phi) is 2.54. The molecule has 80 valence electrons. The van der Waals surface area contributed by atoms with E-state index in [9.17, 15) is 9.59 Å². The van der Waals surface area contributed by atoms with Crippen molar-refractivity contribution < 1.29 is 24.3 Å². The van der Waals surface area contributed by atoms with Gasteiger partial charge in [0.25, 0.3) is 0 Å². The molecule has 5 heteroatoms. The number of nitrogens with zero attached hydrogens (tertiary/aromatic N) is 1. The van der Waals surface area contributed by atoms with Gasteiger partial charge in [-0.1, -0.05) is 0 Å². The second-order valence-electron chi connectivity index (χ2n) is 4.58. The monoisotopic (exact) mass is 202 g/mol. The van der Waals surface area contributed by atoms with Gasteiger partial charge in [-0.3, -0.25) is 9.59 Å². The van der Waals surface area contributed by atoms with Crippen LogP contribution >= 0.6 is 0 Å².